The number of carbonyl (C=O) groups is 1. The average molecular weight is 380 g/mol. The number of pyridine rings is 1. The predicted octanol–water partition coefficient (Wildman–Crippen LogP) is 2.07. The lowest BCUT2D eigenvalue weighted by Gasteiger charge is -2.17. The maximum Gasteiger partial charge on any atom is 0.228 e. The highest BCUT2D eigenvalue weighted by Gasteiger charge is 2.30. The molecule has 3 aromatic heterocycles. The molecule has 4 heterocycles. The molecule has 2 fully saturated rings. The van der Waals surface area contributed by atoms with E-state index in [1.165, 1.54) is 0 Å². The second-order valence-electron chi connectivity index (χ2n) is 7.85. The van der Waals surface area contributed by atoms with Crippen molar-refractivity contribution < 1.29 is 9.53 Å². The van der Waals surface area contributed by atoms with Gasteiger partial charge in [0.2, 0.25) is 5.91 Å². The van der Waals surface area contributed by atoms with Gasteiger partial charge in [0.1, 0.15) is 11.8 Å². The summed E-state index contributed by atoms with van der Waals surface area (Å²) < 4.78 is 9.88. The highest BCUT2D eigenvalue weighted by molar-refractivity contribution is 5.93. The highest BCUT2D eigenvalue weighted by Crippen LogP contribution is 2.33. The van der Waals surface area contributed by atoms with Gasteiger partial charge in [-0.05, 0) is 25.0 Å². The number of hydrogen-bond donors (Lipinski definition) is 2. The SMILES string of the molecule is CC1CNCC1Oc1cnn(C)c1-c1ccn2nc(NC(=O)C3CC3)cc2c1. The third-order valence-electron chi connectivity index (χ3n) is 5.57. The van der Waals surface area contributed by atoms with E-state index in [1.807, 2.05) is 36.1 Å². The highest BCUT2D eigenvalue weighted by atomic mass is 16.5. The van der Waals surface area contributed by atoms with Crippen LogP contribution >= 0.6 is 0 Å². The molecule has 1 aliphatic heterocycles. The van der Waals surface area contributed by atoms with Crippen molar-refractivity contribution in [2.24, 2.45) is 18.9 Å². The zero-order valence-corrected chi connectivity index (χ0v) is 16.1. The van der Waals surface area contributed by atoms with E-state index in [2.05, 4.69) is 27.8 Å². The van der Waals surface area contributed by atoms with Gasteiger partial charge in [0, 0.05) is 49.8 Å². The van der Waals surface area contributed by atoms with Crippen LogP contribution in [0.1, 0.15) is 19.8 Å². The lowest BCUT2D eigenvalue weighted by Crippen LogP contribution is -2.24. The van der Waals surface area contributed by atoms with E-state index >= 15 is 0 Å². The van der Waals surface area contributed by atoms with E-state index in [4.69, 9.17) is 4.74 Å². The van der Waals surface area contributed by atoms with Crippen LogP contribution in [0.15, 0.2) is 30.6 Å². The molecule has 2 aliphatic rings. The fourth-order valence-electron chi connectivity index (χ4n) is 3.72. The maximum absolute atomic E-state index is 12.0. The molecule has 2 unspecified atom stereocenters. The van der Waals surface area contributed by atoms with Gasteiger partial charge in [0.15, 0.2) is 11.6 Å². The Kier molecular flexibility index (Phi) is 4.08. The Morgan fingerprint density at radius 1 is 1.32 bits per heavy atom. The number of fused-ring (bicyclic) bond motifs is 1. The van der Waals surface area contributed by atoms with Gasteiger partial charge in [-0.3, -0.25) is 9.48 Å². The topological polar surface area (TPSA) is 85.5 Å². The molecule has 146 valence electrons. The van der Waals surface area contributed by atoms with Crippen molar-refractivity contribution in [2.75, 3.05) is 18.4 Å². The van der Waals surface area contributed by atoms with E-state index < -0.39 is 0 Å². The molecule has 2 atom stereocenters. The monoisotopic (exact) mass is 380 g/mol. The minimum absolute atomic E-state index is 0.0604. The van der Waals surface area contributed by atoms with Crippen molar-refractivity contribution in [3.8, 4) is 17.0 Å². The van der Waals surface area contributed by atoms with Crippen molar-refractivity contribution in [3.05, 3.63) is 30.6 Å². The number of aromatic nitrogens is 4. The molecule has 1 saturated carbocycles. The number of carbonyl (C=O) groups excluding carboxylic acids is 1. The lowest BCUT2D eigenvalue weighted by atomic mass is 10.1. The first kappa shape index (κ1) is 17.2. The van der Waals surface area contributed by atoms with Crippen LogP contribution in [0.5, 0.6) is 5.75 Å². The first-order chi connectivity index (χ1) is 13.6. The molecule has 0 spiro atoms. The first-order valence-corrected chi connectivity index (χ1v) is 9.78. The number of aryl methyl sites for hydroxylation is 1. The zero-order valence-electron chi connectivity index (χ0n) is 16.1. The van der Waals surface area contributed by atoms with Crippen LogP contribution in [-0.4, -0.2) is 44.5 Å². The fourth-order valence-corrected chi connectivity index (χ4v) is 3.72. The summed E-state index contributed by atoms with van der Waals surface area (Å²) in [5.41, 5.74) is 2.85. The fraction of sp³-hybridized carbons (Fsp3) is 0.450. The Balaban J connectivity index is 1.44. The Hall–Kier alpha value is -2.87. The van der Waals surface area contributed by atoms with Gasteiger partial charge in [-0.15, -0.1) is 0 Å². The molecule has 1 amide bonds. The van der Waals surface area contributed by atoms with Crippen LogP contribution in [0.2, 0.25) is 0 Å². The molecule has 8 nitrogen and oxygen atoms in total. The van der Waals surface area contributed by atoms with Crippen molar-refractivity contribution >= 4 is 17.2 Å². The van der Waals surface area contributed by atoms with E-state index in [0.29, 0.717) is 11.7 Å². The van der Waals surface area contributed by atoms with Crippen molar-refractivity contribution in [1.82, 2.24) is 24.7 Å². The molecule has 8 heteroatoms. The summed E-state index contributed by atoms with van der Waals surface area (Å²) in [6, 6.07) is 5.93. The summed E-state index contributed by atoms with van der Waals surface area (Å²) in [6.07, 6.45) is 5.77. The molecule has 0 bridgehead atoms. The quantitative estimate of drug-likeness (QED) is 0.708. The number of rotatable bonds is 5. The van der Waals surface area contributed by atoms with E-state index in [9.17, 15) is 4.79 Å². The molecule has 3 aromatic rings. The first-order valence-electron chi connectivity index (χ1n) is 9.78. The number of amides is 1. The van der Waals surface area contributed by atoms with E-state index in [1.54, 1.807) is 10.7 Å². The minimum Gasteiger partial charge on any atom is -0.485 e. The van der Waals surface area contributed by atoms with Gasteiger partial charge in [0.25, 0.3) is 0 Å². The summed E-state index contributed by atoms with van der Waals surface area (Å²) in [7, 11) is 1.92. The summed E-state index contributed by atoms with van der Waals surface area (Å²) in [5, 5.41) is 15.1. The molecular weight excluding hydrogens is 356 g/mol. The third-order valence-corrected chi connectivity index (χ3v) is 5.57. The van der Waals surface area contributed by atoms with Gasteiger partial charge in [-0.25, -0.2) is 4.52 Å². The summed E-state index contributed by atoms with van der Waals surface area (Å²) in [5.74, 6) is 2.05. The summed E-state index contributed by atoms with van der Waals surface area (Å²) in [4.78, 5) is 12.0. The van der Waals surface area contributed by atoms with Crippen LogP contribution < -0.4 is 15.4 Å². The van der Waals surface area contributed by atoms with Gasteiger partial charge in [0.05, 0.1) is 11.7 Å². The van der Waals surface area contributed by atoms with Crippen LogP contribution in [0.25, 0.3) is 16.8 Å². The second-order valence-corrected chi connectivity index (χ2v) is 7.85. The molecule has 5 rings (SSSR count). The lowest BCUT2D eigenvalue weighted by molar-refractivity contribution is -0.117. The number of nitrogens with one attached hydrogen (secondary N) is 2. The van der Waals surface area contributed by atoms with Crippen LogP contribution in [0, 0.1) is 11.8 Å². The van der Waals surface area contributed by atoms with Gasteiger partial charge in [-0.2, -0.15) is 10.2 Å². The average Bonchev–Trinajstić information content (AvgIpc) is 3.20. The normalized spacial score (nSPS) is 21.9. The van der Waals surface area contributed by atoms with Gasteiger partial charge < -0.3 is 15.4 Å². The molecule has 1 aliphatic carbocycles. The summed E-state index contributed by atoms with van der Waals surface area (Å²) >= 11 is 0. The number of nitrogens with zero attached hydrogens (tertiary/aromatic N) is 4. The molecule has 2 N–H and O–H groups in total. The number of ether oxygens (including phenoxy) is 1. The van der Waals surface area contributed by atoms with Crippen molar-refractivity contribution in [3.63, 3.8) is 0 Å². The van der Waals surface area contributed by atoms with E-state index in [0.717, 1.165) is 48.5 Å². The minimum atomic E-state index is 0.0604. The smallest absolute Gasteiger partial charge is 0.228 e. The largest absolute Gasteiger partial charge is 0.485 e. The third kappa shape index (κ3) is 3.13. The van der Waals surface area contributed by atoms with Gasteiger partial charge in [-0.1, -0.05) is 6.92 Å². The molecule has 0 radical (unpaired) electrons. The predicted molar refractivity (Wildman–Crippen MR) is 105 cm³/mol. The van der Waals surface area contributed by atoms with E-state index in [-0.39, 0.29) is 17.9 Å². The molecule has 0 aromatic carbocycles. The standard InChI is InChI=1S/C20H24N6O2/c1-12-9-21-10-16(12)28-17-11-22-25(2)19(17)14-5-6-26-15(7-14)8-18(24-26)23-20(27)13-3-4-13/h5-8,11-13,16,21H,3-4,9-10H2,1-2H3,(H,23,24,27). The second kappa shape index (κ2) is 6.63. The summed E-state index contributed by atoms with van der Waals surface area (Å²) in [6.45, 7) is 4.01. The molecule has 1 saturated heterocycles. The van der Waals surface area contributed by atoms with Crippen LogP contribution in [0.4, 0.5) is 5.82 Å². The molecular formula is C20H24N6O2. The Morgan fingerprint density at radius 2 is 2.18 bits per heavy atom. The van der Waals surface area contributed by atoms with Crippen molar-refractivity contribution in [2.45, 2.75) is 25.9 Å². The van der Waals surface area contributed by atoms with Crippen molar-refractivity contribution in [1.29, 1.82) is 0 Å². The van der Waals surface area contributed by atoms with Crippen LogP contribution in [-0.2, 0) is 11.8 Å². The zero-order chi connectivity index (χ0) is 19.3. The maximum atomic E-state index is 12.0. The molecule has 28 heavy (non-hydrogen) atoms. The number of hydrogen-bond acceptors (Lipinski definition) is 5. The Bertz CT molecular complexity index is 1030. The van der Waals surface area contributed by atoms with Crippen LogP contribution in [0.3, 0.4) is 0 Å². The Labute approximate surface area is 162 Å². The van der Waals surface area contributed by atoms with Gasteiger partial charge >= 0.3 is 0 Å². The number of anilines is 1. The Morgan fingerprint density at radius 3 is 2.93 bits per heavy atom.